The Kier molecular flexibility index (Phi) is 6.09. The van der Waals surface area contributed by atoms with Crippen LogP contribution >= 0.6 is 11.8 Å². The highest BCUT2D eigenvalue weighted by atomic mass is 32.2. The van der Waals surface area contributed by atoms with E-state index in [1.807, 2.05) is 39.0 Å². The Bertz CT molecular complexity index is 869. The maximum Gasteiger partial charge on any atom is 0.234 e. The Labute approximate surface area is 170 Å². The number of carbonyl (C=O) groups excluding carboxylic acids is 1. The first kappa shape index (κ1) is 20.4. The van der Waals surface area contributed by atoms with E-state index in [4.69, 9.17) is 0 Å². The van der Waals surface area contributed by atoms with E-state index < -0.39 is 5.54 Å². The van der Waals surface area contributed by atoms with Crippen molar-refractivity contribution in [3.8, 4) is 6.07 Å². The molecule has 0 saturated heterocycles. The van der Waals surface area contributed by atoms with Gasteiger partial charge in [-0.15, -0.1) is 10.2 Å². The molecule has 1 fully saturated rings. The van der Waals surface area contributed by atoms with E-state index in [0.717, 1.165) is 23.8 Å². The monoisotopic (exact) mass is 397 g/mol. The maximum absolute atomic E-state index is 12.7. The number of nitrogens with one attached hydrogen (secondary N) is 1. The van der Waals surface area contributed by atoms with Crippen LogP contribution in [-0.2, 0) is 11.3 Å². The van der Waals surface area contributed by atoms with Gasteiger partial charge < -0.3 is 9.88 Å². The van der Waals surface area contributed by atoms with Crippen LogP contribution in [0.5, 0.6) is 0 Å². The number of rotatable bonds is 8. The van der Waals surface area contributed by atoms with Gasteiger partial charge in [0.05, 0.1) is 17.9 Å². The molecule has 28 heavy (non-hydrogen) atoms. The number of aromatic nitrogens is 3. The maximum atomic E-state index is 12.7. The van der Waals surface area contributed by atoms with Crippen LogP contribution in [0.15, 0.2) is 35.5 Å². The summed E-state index contributed by atoms with van der Waals surface area (Å²) in [5, 5.41) is 21.5. The fraction of sp³-hybridized carbons (Fsp3) is 0.524. The SMILES string of the molecule is CC(C)[C@](C)(C#N)NC(=O)[C@H](C)Sc1nnc(C2CC2)n1Cc1ccccc1. The van der Waals surface area contributed by atoms with Crippen molar-refractivity contribution < 1.29 is 4.79 Å². The topological polar surface area (TPSA) is 83.6 Å². The van der Waals surface area contributed by atoms with Crippen LogP contribution in [0.2, 0.25) is 0 Å². The summed E-state index contributed by atoms with van der Waals surface area (Å²) in [5.74, 6) is 1.33. The molecule has 1 amide bonds. The third-order valence-electron chi connectivity index (χ3n) is 5.29. The van der Waals surface area contributed by atoms with E-state index in [1.165, 1.54) is 17.3 Å². The van der Waals surface area contributed by atoms with Crippen LogP contribution in [0.4, 0.5) is 0 Å². The molecule has 1 aromatic heterocycles. The van der Waals surface area contributed by atoms with Gasteiger partial charge in [0.2, 0.25) is 5.91 Å². The number of thioether (sulfide) groups is 1. The molecule has 2 aromatic rings. The van der Waals surface area contributed by atoms with E-state index in [0.29, 0.717) is 12.5 Å². The largest absolute Gasteiger partial charge is 0.337 e. The summed E-state index contributed by atoms with van der Waals surface area (Å²) in [5.41, 5.74) is 0.294. The smallest absolute Gasteiger partial charge is 0.234 e. The van der Waals surface area contributed by atoms with E-state index in [2.05, 4.69) is 38.3 Å². The zero-order valence-electron chi connectivity index (χ0n) is 16.8. The molecule has 1 N–H and O–H groups in total. The number of hydrogen-bond donors (Lipinski definition) is 1. The Hall–Kier alpha value is -2.33. The van der Waals surface area contributed by atoms with Crippen LogP contribution < -0.4 is 5.32 Å². The molecule has 0 radical (unpaired) electrons. The van der Waals surface area contributed by atoms with Crippen molar-refractivity contribution in [3.05, 3.63) is 41.7 Å². The third-order valence-corrected chi connectivity index (χ3v) is 6.37. The van der Waals surface area contributed by atoms with E-state index in [1.54, 1.807) is 6.92 Å². The molecule has 0 bridgehead atoms. The van der Waals surface area contributed by atoms with Gasteiger partial charge in [0, 0.05) is 5.92 Å². The van der Waals surface area contributed by atoms with Crippen LogP contribution in [0, 0.1) is 17.2 Å². The van der Waals surface area contributed by atoms with E-state index in [9.17, 15) is 10.1 Å². The van der Waals surface area contributed by atoms with Crippen LogP contribution in [0.3, 0.4) is 0 Å². The lowest BCUT2D eigenvalue weighted by atomic mass is 9.90. The first-order valence-corrected chi connectivity index (χ1v) is 10.6. The van der Waals surface area contributed by atoms with Crippen molar-refractivity contribution in [2.45, 2.75) is 68.9 Å². The van der Waals surface area contributed by atoms with Gasteiger partial charge in [0.1, 0.15) is 11.4 Å². The van der Waals surface area contributed by atoms with Crippen molar-refractivity contribution in [2.75, 3.05) is 0 Å². The highest BCUT2D eigenvalue weighted by molar-refractivity contribution is 8.00. The Morgan fingerprint density at radius 3 is 2.57 bits per heavy atom. The molecule has 3 rings (SSSR count). The van der Waals surface area contributed by atoms with Crippen LogP contribution in [-0.4, -0.2) is 31.5 Å². The Morgan fingerprint density at radius 2 is 2.00 bits per heavy atom. The van der Waals surface area contributed by atoms with Gasteiger partial charge in [-0.1, -0.05) is 55.9 Å². The Morgan fingerprint density at radius 1 is 1.32 bits per heavy atom. The minimum absolute atomic E-state index is 0.0156. The molecular formula is C21H27N5OS. The predicted molar refractivity (Wildman–Crippen MR) is 110 cm³/mol. The van der Waals surface area contributed by atoms with Gasteiger partial charge >= 0.3 is 0 Å². The fourth-order valence-electron chi connectivity index (χ4n) is 2.82. The minimum Gasteiger partial charge on any atom is -0.337 e. The lowest BCUT2D eigenvalue weighted by Gasteiger charge is -2.28. The molecule has 0 spiro atoms. The molecule has 1 saturated carbocycles. The zero-order chi connectivity index (χ0) is 20.3. The molecule has 1 aromatic carbocycles. The molecule has 7 heteroatoms. The summed E-state index contributed by atoms with van der Waals surface area (Å²) in [6, 6.07) is 12.4. The number of nitrogens with zero attached hydrogens (tertiary/aromatic N) is 4. The highest BCUT2D eigenvalue weighted by Gasteiger charge is 2.34. The predicted octanol–water partition coefficient (Wildman–Crippen LogP) is 3.74. The van der Waals surface area contributed by atoms with Gasteiger partial charge in [-0.3, -0.25) is 4.79 Å². The lowest BCUT2D eigenvalue weighted by Crippen LogP contribution is -2.51. The van der Waals surface area contributed by atoms with Crippen LogP contribution in [0.1, 0.15) is 57.8 Å². The molecule has 0 unspecified atom stereocenters. The quantitative estimate of drug-likeness (QED) is 0.686. The first-order valence-electron chi connectivity index (χ1n) is 9.71. The van der Waals surface area contributed by atoms with Crippen molar-refractivity contribution >= 4 is 17.7 Å². The average Bonchev–Trinajstić information content (AvgIpc) is 3.45. The van der Waals surface area contributed by atoms with Gasteiger partial charge in [0.15, 0.2) is 5.16 Å². The Balaban J connectivity index is 1.76. The molecule has 148 valence electrons. The second-order valence-electron chi connectivity index (χ2n) is 7.90. The number of carbonyl (C=O) groups is 1. The second kappa shape index (κ2) is 8.36. The normalized spacial score (nSPS) is 17.0. The van der Waals surface area contributed by atoms with Gasteiger partial charge in [0.25, 0.3) is 0 Å². The summed E-state index contributed by atoms with van der Waals surface area (Å²) in [7, 11) is 0. The van der Waals surface area contributed by atoms with Crippen molar-refractivity contribution in [1.82, 2.24) is 20.1 Å². The zero-order valence-corrected chi connectivity index (χ0v) is 17.7. The van der Waals surface area contributed by atoms with Crippen molar-refractivity contribution in [1.29, 1.82) is 5.26 Å². The van der Waals surface area contributed by atoms with E-state index >= 15 is 0 Å². The van der Waals surface area contributed by atoms with Crippen molar-refractivity contribution in [2.24, 2.45) is 5.92 Å². The van der Waals surface area contributed by atoms with E-state index in [-0.39, 0.29) is 17.1 Å². The molecule has 1 heterocycles. The van der Waals surface area contributed by atoms with Gasteiger partial charge in [-0.25, -0.2) is 0 Å². The fourth-order valence-corrected chi connectivity index (χ4v) is 3.67. The number of benzene rings is 1. The molecule has 1 aliphatic rings. The van der Waals surface area contributed by atoms with Crippen LogP contribution in [0.25, 0.3) is 0 Å². The molecule has 6 nitrogen and oxygen atoms in total. The highest BCUT2D eigenvalue weighted by Crippen LogP contribution is 2.40. The average molecular weight is 398 g/mol. The number of nitriles is 1. The summed E-state index contributed by atoms with van der Waals surface area (Å²) in [6.45, 7) is 8.16. The number of hydrogen-bond acceptors (Lipinski definition) is 5. The molecule has 2 atom stereocenters. The lowest BCUT2D eigenvalue weighted by molar-refractivity contribution is -0.121. The summed E-state index contributed by atoms with van der Waals surface area (Å²) in [6.07, 6.45) is 2.28. The summed E-state index contributed by atoms with van der Waals surface area (Å²) in [4.78, 5) is 12.7. The first-order chi connectivity index (χ1) is 13.3. The van der Waals surface area contributed by atoms with Gasteiger partial charge in [-0.05, 0) is 38.2 Å². The summed E-state index contributed by atoms with van der Waals surface area (Å²) < 4.78 is 2.13. The molecule has 0 aliphatic heterocycles. The second-order valence-corrected chi connectivity index (χ2v) is 9.21. The number of amides is 1. The third kappa shape index (κ3) is 4.56. The minimum atomic E-state index is -0.886. The van der Waals surface area contributed by atoms with Gasteiger partial charge in [-0.2, -0.15) is 5.26 Å². The molecule has 1 aliphatic carbocycles. The summed E-state index contributed by atoms with van der Waals surface area (Å²) >= 11 is 1.39. The standard InChI is InChI=1S/C21H27N5OS/c1-14(2)21(4,13-22)23-19(27)15(3)28-20-25-24-18(17-10-11-17)26(20)12-16-8-6-5-7-9-16/h5-9,14-15,17H,10-12H2,1-4H3,(H,23,27)/t15-,21-/m0/s1. The van der Waals surface area contributed by atoms with Crippen molar-refractivity contribution in [3.63, 3.8) is 0 Å². The molecular weight excluding hydrogens is 370 g/mol.